The van der Waals surface area contributed by atoms with Crippen LogP contribution in [0.25, 0.3) is 11.5 Å². The van der Waals surface area contributed by atoms with Gasteiger partial charge in [-0.2, -0.15) is 4.31 Å². The number of aromatic nitrogens is 2. The van der Waals surface area contributed by atoms with E-state index in [2.05, 4.69) is 10.2 Å². The fourth-order valence-electron chi connectivity index (χ4n) is 1.96. The van der Waals surface area contributed by atoms with E-state index in [4.69, 9.17) is 8.83 Å². The fraction of sp³-hybridized carbons (Fsp3) is 0.538. The summed E-state index contributed by atoms with van der Waals surface area (Å²) in [4.78, 5) is 0. The van der Waals surface area contributed by atoms with Gasteiger partial charge in [0.1, 0.15) is 6.26 Å². The molecular weight excluding hydrogens is 294 g/mol. The average molecular weight is 313 g/mol. The van der Waals surface area contributed by atoms with Gasteiger partial charge in [-0.1, -0.05) is 13.8 Å². The molecule has 0 saturated carbocycles. The first-order valence-electron chi connectivity index (χ1n) is 6.88. The molecule has 0 bridgehead atoms. The van der Waals surface area contributed by atoms with Crippen LogP contribution in [0.4, 0.5) is 0 Å². The summed E-state index contributed by atoms with van der Waals surface area (Å²) in [5.74, 6) is 0.657. The molecule has 2 aromatic heterocycles. The van der Waals surface area contributed by atoms with Gasteiger partial charge in [-0.05, 0) is 12.8 Å². The van der Waals surface area contributed by atoms with E-state index in [1.807, 2.05) is 13.8 Å². The summed E-state index contributed by atoms with van der Waals surface area (Å²) in [6, 6.07) is 1.42. The molecule has 0 N–H and O–H groups in total. The summed E-state index contributed by atoms with van der Waals surface area (Å²) in [7, 11) is -3.63. The van der Waals surface area contributed by atoms with Crippen molar-refractivity contribution in [3.63, 3.8) is 0 Å². The lowest BCUT2D eigenvalue weighted by atomic mass is 10.3. The maximum atomic E-state index is 12.5. The Bertz CT molecular complexity index is 684. The second-order valence-corrected chi connectivity index (χ2v) is 6.55. The van der Waals surface area contributed by atoms with E-state index >= 15 is 0 Å². The third-order valence-corrected chi connectivity index (χ3v) is 4.66. The Morgan fingerprint density at radius 2 is 1.86 bits per heavy atom. The largest absolute Gasteiger partial charge is 0.451 e. The molecule has 0 radical (unpaired) electrons. The van der Waals surface area contributed by atoms with Gasteiger partial charge < -0.3 is 8.83 Å². The maximum Gasteiger partial charge on any atom is 0.276 e. The van der Waals surface area contributed by atoms with Crippen LogP contribution in [0.15, 0.2) is 26.3 Å². The molecule has 0 fully saturated rings. The zero-order valence-electron chi connectivity index (χ0n) is 12.4. The first kappa shape index (κ1) is 15.7. The van der Waals surface area contributed by atoms with Gasteiger partial charge in [0, 0.05) is 26.1 Å². The van der Waals surface area contributed by atoms with Gasteiger partial charge in [0.15, 0.2) is 0 Å². The molecule has 116 valence electrons. The molecule has 21 heavy (non-hydrogen) atoms. The highest BCUT2D eigenvalue weighted by molar-refractivity contribution is 7.89. The van der Waals surface area contributed by atoms with E-state index in [1.165, 1.54) is 16.6 Å². The number of rotatable bonds is 7. The molecule has 0 amide bonds. The van der Waals surface area contributed by atoms with Crippen molar-refractivity contribution >= 4 is 10.0 Å². The molecule has 0 aliphatic carbocycles. The third-order valence-electron chi connectivity index (χ3n) is 2.89. The Labute approximate surface area is 124 Å². The second kappa shape index (κ2) is 6.40. The monoisotopic (exact) mass is 313 g/mol. The normalized spacial score (nSPS) is 12.2. The summed E-state index contributed by atoms with van der Waals surface area (Å²) in [6.07, 6.45) is 2.81. The smallest absolute Gasteiger partial charge is 0.276 e. The van der Waals surface area contributed by atoms with Crippen LogP contribution in [0.2, 0.25) is 0 Å². The molecule has 0 aromatic carbocycles. The molecule has 2 aromatic rings. The van der Waals surface area contributed by atoms with E-state index in [1.54, 1.807) is 6.92 Å². The molecular formula is C13H19N3O4S. The van der Waals surface area contributed by atoms with Crippen LogP contribution in [-0.4, -0.2) is 36.0 Å². The van der Waals surface area contributed by atoms with Crippen LogP contribution >= 0.6 is 0 Å². The maximum absolute atomic E-state index is 12.5. The molecule has 8 heteroatoms. The SMILES string of the molecule is CCCN(CCC)S(=O)(=O)c1cc(-c2nnc(C)o2)co1. The van der Waals surface area contributed by atoms with Crippen LogP contribution in [-0.2, 0) is 10.0 Å². The number of aryl methyl sites for hydroxylation is 1. The van der Waals surface area contributed by atoms with Crippen molar-refractivity contribution in [1.29, 1.82) is 0 Å². The van der Waals surface area contributed by atoms with Crippen LogP contribution < -0.4 is 0 Å². The minimum Gasteiger partial charge on any atom is -0.451 e. The Kier molecular flexibility index (Phi) is 4.79. The van der Waals surface area contributed by atoms with Gasteiger partial charge in [-0.3, -0.25) is 0 Å². The summed E-state index contributed by atoms with van der Waals surface area (Å²) < 4.78 is 37.0. The first-order valence-corrected chi connectivity index (χ1v) is 8.32. The van der Waals surface area contributed by atoms with Gasteiger partial charge in [0.25, 0.3) is 15.9 Å². The van der Waals surface area contributed by atoms with E-state index < -0.39 is 10.0 Å². The lowest BCUT2D eigenvalue weighted by Gasteiger charge is -2.18. The highest BCUT2D eigenvalue weighted by Crippen LogP contribution is 2.25. The highest BCUT2D eigenvalue weighted by Gasteiger charge is 2.27. The number of hydrogen-bond acceptors (Lipinski definition) is 6. The highest BCUT2D eigenvalue weighted by atomic mass is 32.2. The van der Waals surface area contributed by atoms with Crippen LogP contribution in [0.5, 0.6) is 0 Å². The summed E-state index contributed by atoms with van der Waals surface area (Å²) in [5.41, 5.74) is 0.460. The van der Waals surface area contributed by atoms with Gasteiger partial charge in [0.2, 0.25) is 11.0 Å². The molecule has 0 spiro atoms. The number of hydrogen-bond donors (Lipinski definition) is 0. The predicted octanol–water partition coefficient (Wildman–Crippen LogP) is 2.45. The van der Waals surface area contributed by atoms with Crippen molar-refractivity contribution in [3.05, 3.63) is 18.2 Å². The summed E-state index contributed by atoms with van der Waals surface area (Å²) in [5, 5.41) is 7.45. The van der Waals surface area contributed by atoms with Crippen LogP contribution in [0, 0.1) is 6.92 Å². The van der Waals surface area contributed by atoms with Crippen LogP contribution in [0.3, 0.4) is 0 Å². The standard InChI is InChI=1S/C13H19N3O4S/c1-4-6-16(7-5-2)21(17,18)12-8-11(9-19-12)13-15-14-10(3)20-13/h8-9H,4-7H2,1-3H3. The van der Waals surface area contributed by atoms with Crippen molar-refractivity contribution in [1.82, 2.24) is 14.5 Å². The molecule has 0 atom stereocenters. The Hall–Kier alpha value is -1.67. The minimum atomic E-state index is -3.63. The first-order chi connectivity index (χ1) is 9.98. The molecule has 2 heterocycles. The molecule has 0 unspecified atom stereocenters. The predicted molar refractivity (Wildman–Crippen MR) is 76.1 cm³/mol. The zero-order chi connectivity index (χ0) is 15.5. The lowest BCUT2D eigenvalue weighted by Crippen LogP contribution is -2.32. The molecule has 2 rings (SSSR count). The average Bonchev–Trinajstić information content (AvgIpc) is 3.07. The molecule has 0 saturated heterocycles. The van der Waals surface area contributed by atoms with Gasteiger partial charge in [0.05, 0.1) is 5.56 Å². The van der Waals surface area contributed by atoms with E-state index in [9.17, 15) is 8.42 Å². The minimum absolute atomic E-state index is 0.102. The van der Waals surface area contributed by atoms with Crippen molar-refractivity contribution in [2.24, 2.45) is 0 Å². The summed E-state index contributed by atoms with van der Waals surface area (Å²) in [6.45, 7) is 6.47. The van der Waals surface area contributed by atoms with Crippen molar-refractivity contribution in [2.75, 3.05) is 13.1 Å². The van der Waals surface area contributed by atoms with Gasteiger partial charge in [-0.25, -0.2) is 8.42 Å². The fourth-order valence-corrected chi connectivity index (χ4v) is 3.50. The number of sulfonamides is 1. The Balaban J connectivity index is 2.30. The molecule has 0 aliphatic rings. The van der Waals surface area contributed by atoms with E-state index in [0.717, 1.165) is 12.8 Å². The summed E-state index contributed by atoms with van der Waals surface area (Å²) >= 11 is 0. The van der Waals surface area contributed by atoms with Gasteiger partial charge >= 0.3 is 0 Å². The molecule has 7 nitrogen and oxygen atoms in total. The number of nitrogens with zero attached hydrogens (tertiary/aromatic N) is 3. The Morgan fingerprint density at radius 1 is 1.19 bits per heavy atom. The Morgan fingerprint density at radius 3 is 2.38 bits per heavy atom. The van der Waals surface area contributed by atoms with Crippen molar-refractivity contribution in [2.45, 2.75) is 38.7 Å². The van der Waals surface area contributed by atoms with E-state index in [-0.39, 0.29) is 11.0 Å². The quantitative estimate of drug-likeness (QED) is 0.780. The number of furan rings is 1. The topological polar surface area (TPSA) is 89.4 Å². The van der Waals surface area contributed by atoms with Crippen LogP contribution in [0.1, 0.15) is 32.6 Å². The molecule has 0 aliphatic heterocycles. The van der Waals surface area contributed by atoms with Gasteiger partial charge in [-0.15, -0.1) is 10.2 Å². The zero-order valence-corrected chi connectivity index (χ0v) is 13.2. The third kappa shape index (κ3) is 3.33. The second-order valence-electron chi connectivity index (χ2n) is 4.68. The van der Waals surface area contributed by atoms with Crippen molar-refractivity contribution in [3.8, 4) is 11.5 Å². The van der Waals surface area contributed by atoms with Crippen molar-refractivity contribution < 1.29 is 17.3 Å². The lowest BCUT2D eigenvalue weighted by molar-refractivity contribution is 0.378. The van der Waals surface area contributed by atoms with E-state index in [0.29, 0.717) is 24.5 Å².